The van der Waals surface area contributed by atoms with Crippen molar-refractivity contribution in [1.82, 2.24) is 9.97 Å². The lowest BCUT2D eigenvalue weighted by Crippen LogP contribution is -1.97. The van der Waals surface area contributed by atoms with Crippen molar-refractivity contribution >= 4 is 45.8 Å². The number of hydrogen-bond donors (Lipinski definition) is 0. The number of rotatable bonds is 1. The van der Waals surface area contributed by atoms with E-state index in [4.69, 9.17) is 34.8 Å². The third-order valence-corrected chi connectivity index (χ3v) is 3.24. The Kier molecular flexibility index (Phi) is 3.24. The van der Waals surface area contributed by atoms with Crippen LogP contribution in [0.2, 0.25) is 15.2 Å². The van der Waals surface area contributed by atoms with E-state index in [1.165, 1.54) is 0 Å². The molecule has 0 N–H and O–H groups in total. The molecule has 2 nitrogen and oxygen atoms in total. The van der Waals surface area contributed by atoms with Gasteiger partial charge in [0.2, 0.25) is 0 Å². The minimum absolute atomic E-state index is 0.221. The molecule has 0 saturated heterocycles. The van der Waals surface area contributed by atoms with Gasteiger partial charge in [0.15, 0.2) is 5.15 Å². The predicted molar refractivity (Wildman–Crippen MR) is 68.7 cm³/mol. The van der Waals surface area contributed by atoms with Gasteiger partial charge in [0.25, 0.3) is 0 Å². The molecule has 1 aromatic heterocycles. The van der Waals surface area contributed by atoms with Crippen LogP contribution >= 0.6 is 34.8 Å². The van der Waals surface area contributed by atoms with Crippen LogP contribution in [-0.2, 0) is 0 Å². The van der Waals surface area contributed by atoms with Crippen molar-refractivity contribution in [2.24, 2.45) is 0 Å². The molecule has 2 rings (SSSR count). The second kappa shape index (κ2) is 4.36. The molecule has 0 atom stereocenters. The lowest BCUT2D eigenvalue weighted by Gasteiger charge is -2.08. The van der Waals surface area contributed by atoms with E-state index in [0.717, 1.165) is 5.69 Å². The fourth-order valence-electron chi connectivity index (χ4n) is 1.41. The Labute approximate surface area is 109 Å². The van der Waals surface area contributed by atoms with Crippen molar-refractivity contribution in [1.29, 1.82) is 0 Å². The van der Waals surface area contributed by atoms with Crippen molar-refractivity contribution in [3.63, 3.8) is 0 Å². The fourth-order valence-corrected chi connectivity index (χ4v) is 2.08. The second-order valence-corrected chi connectivity index (χ2v) is 4.98. The summed E-state index contributed by atoms with van der Waals surface area (Å²) < 4.78 is 0. The zero-order chi connectivity index (χ0) is 11.9. The average Bonchev–Trinajstić information content (AvgIpc) is 2.19. The highest BCUT2D eigenvalue weighted by Gasteiger charge is 2.11. The van der Waals surface area contributed by atoms with Crippen molar-refractivity contribution in [2.45, 2.75) is 19.8 Å². The molecule has 1 aromatic carbocycles. The Morgan fingerprint density at radius 2 is 1.44 bits per heavy atom. The number of fused-ring (bicyclic) bond motifs is 1. The molecule has 0 saturated carbocycles. The van der Waals surface area contributed by atoms with Gasteiger partial charge < -0.3 is 0 Å². The third kappa shape index (κ3) is 2.10. The molecule has 0 spiro atoms. The minimum Gasteiger partial charge on any atom is -0.248 e. The van der Waals surface area contributed by atoms with Gasteiger partial charge in [-0.15, -0.1) is 0 Å². The maximum Gasteiger partial charge on any atom is 0.151 e. The molecule has 84 valence electrons. The summed E-state index contributed by atoms with van der Waals surface area (Å²) in [5.74, 6) is 0.221. The van der Waals surface area contributed by atoms with E-state index in [-0.39, 0.29) is 5.92 Å². The van der Waals surface area contributed by atoms with Gasteiger partial charge in [0, 0.05) is 0 Å². The second-order valence-electron chi connectivity index (χ2n) is 3.81. The van der Waals surface area contributed by atoms with Crippen LogP contribution in [0.15, 0.2) is 12.1 Å². The van der Waals surface area contributed by atoms with E-state index < -0.39 is 0 Å². The number of aromatic nitrogens is 2. The van der Waals surface area contributed by atoms with Crippen LogP contribution in [0.4, 0.5) is 0 Å². The summed E-state index contributed by atoms with van der Waals surface area (Å²) in [6.07, 6.45) is 0. The smallest absolute Gasteiger partial charge is 0.151 e. The van der Waals surface area contributed by atoms with Gasteiger partial charge >= 0.3 is 0 Å². The summed E-state index contributed by atoms with van der Waals surface area (Å²) >= 11 is 17.9. The van der Waals surface area contributed by atoms with E-state index in [2.05, 4.69) is 9.97 Å². The Hall–Kier alpha value is -0.570. The lowest BCUT2D eigenvalue weighted by atomic mass is 10.1. The summed E-state index contributed by atoms with van der Waals surface area (Å²) in [6, 6.07) is 3.37. The molecule has 2 aromatic rings. The van der Waals surface area contributed by atoms with Gasteiger partial charge in [0.1, 0.15) is 0 Å². The SMILES string of the molecule is CC(C)c1nc2cc(Cl)c(Cl)cc2nc1Cl. The molecule has 16 heavy (non-hydrogen) atoms. The van der Waals surface area contributed by atoms with Crippen LogP contribution in [0, 0.1) is 0 Å². The molecule has 0 fully saturated rings. The van der Waals surface area contributed by atoms with Gasteiger partial charge in [-0.25, -0.2) is 9.97 Å². The van der Waals surface area contributed by atoms with E-state index in [1.807, 2.05) is 13.8 Å². The summed E-state index contributed by atoms with van der Waals surface area (Å²) in [4.78, 5) is 8.70. The highest BCUT2D eigenvalue weighted by molar-refractivity contribution is 6.42. The van der Waals surface area contributed by atoms with Crippen LogP contribution in [-0.4, -0.2) is 9.97 Å². The first-order valence-corrected chi connectivity index (χ1v) is 5.94. The zero-order valence-electron chi connectivity index (χ0n) is 8.76. The van der Waals surface area contributed by atoms with Gasteiger partial charge in [-0.3, -0.25) is 0 Å². The van der Waals surface area contributed by atoms with Crippen LogP contribution in [0.5, 0.6) is 0 Å². The first kappa shape index (κ1) is 11.9. The fraction of sp³-hybridized carbons (Fsp3) is 0.273. The standard InChI is InChI=1S/C11H9Cl3N2/c1-5(2)10-11(14)16-9-4-7(13)6(12)3-8(9)15-10/h3-5H,1-2H3. The zero-order valence-corrected chi connectivity index (χ0v) is 11.0. The van der Waals surface area contributed by atoms with Crippen LogP contribution in [0.1, 0.15) is 25.5 Å². The maximum absolute atomic E-state index is 6.04. The number of hydrogen-bond acceptors (Lipinski definition) is 2. The number of nitrogens with zero attached hydrogens (tertiary/aromatic N) is 2. The molecular formula is C11H9Cl3N2. The largest absolute Gasteiger partial charge is 0.248 e. The molecule has 5 heteroatoms. The van der Waals surface area contributed by atoms with Crippen molar-refractivity contribution in [3.8, 4) is 0 Å². The molecule has 0 aliphatic rings. The molecular weight excluding hydrogens is 266 g/mol. The van der Waals surface area contributed by atoms with Crippen LogP contribution in [0.25, 0.3) is 11.0 Å². The first-order valence-electron chi connectivity index (χ1n) is 4.81. The van der Waals surface area contributed by atoms with E-state index >= 15 is 0 Å². The molecule has 0 aliphatic carbocycles. The quantitative estimate of drug-likeness (QED) is 0.753. The Morgan fingerprint density at radius 3 is 1.94 bits per heavy atom. The molecule has 0 bridgehead atoms. The predicted octanol–water partition coefficient (Wildman–Crippen LogP) is 4.71. The lowest BCUT2D eigenvalue weighted by molar-refractivity contribution is 0.822. The van der Waals surface area contributed by atoms with Gasteiger partial charge in [-0.2, -0.15) is 0 Å². The summed E-state index contributed by atoms with van der Waals surface area (Å²) in [6.45, 7) is 4.03. The van der Waals surface area contributed by atoms with Crippen molar-refractivity contribution in [3.05, 3.63) is 33.0 Å². The van der Waals surface area contributed by atoms with Crippen molar-refractivity contribution in [2.75, 3.05) is 0 Å². The Morgan fingerprint density at radius 1 is 0.938 bits per heavy atom. The Bertz CT molecular complexity index is 552. The normalized spacial score (nSPS) is 11.4. The number of benzene rings is 1. The van der Waals surface area contributed by atoms with Crippen LogP contribution in [0.3, 0.4) is 0 Å². The van der Waals surface area contributed by atoms with Crippen LogP contribution < -0.4 is 0 Å². The molecule has 0 amide bonds. The van der Waals surface area contributed by atoms with Gasteiger partial charge in [-0.1, -0.05) is 48.7 Å². The van der Waals surface area contributed by atoms with E-state index in [1.54, 1.807) is 12.1 Å². The summed E-state index contributed by atoms with van der Waals surface area (Å²) in [5.41, 5.74) is 2.14. The highest BCUT2D eigenvalue weighted by Crippen LogP contribution is 2.29. The minimum atomic E-state index is 0.221. The van der Waals surface area contributed by atoms with Gasteiger partial charge in [-0.05, 0) is 18.1 Å². The summed E-state index contributed by atoms with van der Waals surface area (Å²) in [5, 5.41) is 1.35. The maximum atomic E-state index is 6.04. The average molecular weight is 276 g/mol. The molecule has 0 unspecified atom stereocenters. The summed E-state index contributed by atoms with van der Waals surface area (Å²) in [7, 11) is 0. The molecule has 1 heterocycles. The molecule has 0 radical (unpaired) electrons. The highest BCUT2D eigenvalue weighted by atomic mass is 35.5. The Balaban J connectivity index is 2.74. The molecule has 0 aliphatic heterocycles. The topological polar surface area (TPSA) is 25.8 Å². The van der Waals surface area contributed by atoms with Gasteiger partial charge in [0.05, 0.1) is 26.8 Å². The van der Waals surface area contributed by atoms with E-state index in [9.17, 15) is 0 Å². The third-order valence-electron chi connectivity index (χ3n) is 2.24. The van der Waals surface area contributed by atoms with E-state index in [0.29, 0.717) is 26.2 Å². The number of halogens is 3. The first-order chi connectivity index (χ1) is 7.49. The van der Waals surface area contributed by atoms with Crippen molar-refractivity contribution < 1.29 is 0 Å². The monoisotopic (exact) mass is 274 g/mol.